The first-order valence-electron chi connectivity index (χ1n) is 13.6. The van der Waals surface area contributed by atoms with Gasteiger partial charge < -0.3 is 29.5 Å². The number of ether oxygens (including phenoxy) is 3. The van der Waals surface area contributed by atoms with Crippen molar-refractivity contribution in [3.05, 3.63) is 77.9 Å². The van der Waals surface area contributed by atoms with Gasteiger partial charge in [0.2, 0.25) is 16.8 Å². The van der Waals surface area contributed by atoms with E-state index in [0.29, 0.717) is 22.7 Å². The molecule has 0 unspecified atom stereocenters. The number of carbonyl (C=O) groups excluding carboxylic acids is 1. The molecule has 0 fully saturated rings. The Morgan fingerprint density at radius 3 is 2.55 bits per heavy atom. The molecule has 11 heteroatoms. The molecule has 42 heavy (non-hydrogen) atoms. The van der Waals surface area contributed by atoms with E-state index in [2.05, 4.69) is 17.2 Å². The fraction of sp³-hybridized carbons (Fsp3) is 0.323. The molecule has 0 aliphatic carbocycles. The Balaban J connectivity index is 1.42. The molecular formula is C31H33N3O7S. The first-order valence-corrected chi connectivity index (χ1v) is 15.0. The molecule has 0 radical (unpaired) electrons. The lowest BCUT2D eigenvalue weighted by molar-refractivity contribution is 0.0830. The van der Waals surface area contributed by atoms with Gasteiger partial charge in [-0.05, 0) is 49.4 Å². The number of aliphatic hydroxyl groups is 1. The van der Waals surface area contributed by atoms with Gasteiger partial charge in [0, 0.05) is 48.4 Å². The summed E-state index contributed by atoms with van der Waals surface area (Å²) in [5.41, 5.74) is 1.95. The summed E-state index contributed by atoms with van der Waals surface area (Å²) in [5, 5.41) is 12.7. The molecule has 0 saturated carbocycles. The summed E-state index contributed by atoms with van der Waals surface area (Å²) >= 11 is 0. The minimum Gasteiger partial charge on any atom is -0.487 e. The van der Waals surface area contributed by atoms with E-state index in [4.69, 9.17) is 14.2 Å². The number of hydrogen-bond acceptors (Lipinski definition) is 7. The lowest BCUT2D eigenvalue weighted by Crippen LogP contribution is -2.50. The summed E-state index contributed by atoms with van der Waals surface area (Å²) < 4.78 is 45.9. The van der Waals surface area contributed by atoms with Crippen LogP contribution in [0, 0.1) is 17.8 Å². The third kappa shape index (κ3) is 6.31. The van der Waals surface area contributed by atoms with Crippen LogP contribution in [0.5, 0.6) is 17.2 Å². The predicted octanol–water partition coefficient (Wildman–Crippen LogP) is 3.75. The van der Waals surface area contributed by atoms with Crippen molar-refractivity contribution in [3.8, 4) is 29.1 Å². The lowest BCUT2D eigenvalue weighted by Gasteiger charge is -2.37. The zero-order valence-electron chi connectivity index (χ0n) is 23.6. The van der Waals surface area contributed by atoms with Crippen LogP contribution in [0.1, 0.15) is 25.0 Å². The molecule has 10 nitrogen and oxygen atoms in total. The Morgan fingerprint density at radius 2 is 1.79 bits per heavy atom. The zero-order valence-corrected chi connectivity index (χ0v) is 24.4. The van der Waals surface area contributed by atoms with Gasteiger partial charge in [-0.1, -0.05) is 37.0 Å². The summed E-state index contributed by atoms with van der Waals surface area (Å²) in [6.07, 6.45) is -0.572. The van der Waals surface area contributed by atoms with Crippen LogP contribution in [0.25, 0.3) is 0 Å². The second kappa shape index (κ2) is 12.3. The van der Waals surface area contributed by atoms with E-state index in [1.54, 1.807) is 44.3 Å². The van der Waals surface area contributed by atoms with Gasteiger partial charge in [0.15, 0.2) is 11.5 Å². The number of sulfonamides is 1. The highest BCUT2D eigenvalue weighted by Gasteiger charge is 2.38. The van der Waals surface area contributed by atoms with Gasteiger partial charge in [0.05, 0.1) is 13.2 Å². The SMILES string of the molecule is C[C@H](CO)N1C[C@H](C)[C@H](CN(C)C(=O)Nc2ccc3c(c2)OCO3)Oc2cc(C#Cc3ccccc3)ccc2S1(=O)=O. The van der Waals surface area contributed by atoms with E-state index in [9.17, 15) is 18.3 Å². The average molecular weight is 592 g/mol. The summed E-state index contributed by atoms with van der Waals surface area (Å²) in [6, 6.07) is 18.3. The Morgan fingerprint density at radius 1 is 1.05 bits per heavy atom. The minimum atomic E-state index is -4.00. The molecule has 3 aromatic rings. The molecular weight excluding hydrogens is 558 g/mol. The molecule has 0 bridgehead atoms. The van der Waals surface area contributed by atoms with Crippen LogP contribution in [-0.4, -0.2) is 74.4 Å². The number of nitrogens with one attached hydrogen (secondary N) is 1. The van der Waals surface area contributed by atoms with Gasteiger partial charge in [-0.3, -0.25) is 0 Å². The molecule has 3 aromatic carbocycles. The molecule has 0 saturated heterocycles. The Hall–Kier alpha value is -4.24. The van der Waals surface area contributed by atoms with E-state index < -0.39 is 22.2 Å². The number of rotatable bonds is 5. The molecule has 5 rings (SSSR count). The maximum atomic E-state index is 13.7. The van der Waals surface area contributed by atoms with Crippen molar-refractivity contribution < 1.29 is 32.5 Å². The number of aliphatic hydroxyl groups excluding tert-OH is 1. The fourth-order valence-electron chi connectivity index (χ4n) is 4.73. The largest absolute Gasteiger partial charge is 0.487 e. The number of carbonyl (C=O) groups is 1. The highest BCUT2D eigenvalue weighted by atomic mass is 32.2. The molecule has 2 N–H and O–H groups in total. The summed E-state index contributed by atoms with van der Waals surface area (Å²) in [7, 11) is -2.36. The van der Waals surface area contributed by atoms with Crippen molar-refractivity contribution in [2.75, 3.05) is 38.9 Å². The number of hydrogen-bond donors (Lipinski definition) is 2. The normalized spacial score (nSPS) is 19.6. The van der Waals surface area contributed by atoms with Crippen LogP contribution in [0.3, 0.4) is 0 Å². The molecule has 3 atom stereocenters. The minimum absolute atomic E-state index is 0.0163. The zero-order chi connectivity index (χ0) is 29.9. The highest BCUT2D eigenvalue weighted by molar-refractivity contribution is 7.89. The monoisotopic (exact) mass is 591 g/mol. The van der Waals surface area contributed by atoms with Crippen molar-refractivity contribution in [2.24, 2.45) is 5.92 Å². The quantitative estimate of drug-likeness (QED) is 0.434. The second-order valence-corrected chi connectivity index (χ2v) is 12.3. The van der Waals surface area contributed by atoms with Crippen LogP contribution < -0.4 is 19.5 Å². The van der Waals surface area contributed by atoms with E-state index in [1.165, 1.54) is 15.3 Å². The smallest absolute Gasteiger partial charge is 0.321 e. The van der Waals surface area contributed by atoms with Crippen molar-refractivity contribution in [3.63, 3.8) is 0 Å². The Kier molecular flexibility index (Phi) is 8.59. The Bertz CT molecular complexity index is 1620. The number of anilines is 1. The molecule has 0 aromatic heterocycles. The van der Waals surface area contributed by atoms with E-state index in [-0.39, 0.29) is 49.1 Å². The van der Waals surface area contributed by atoms with Gasteiger partial charge in [-0.2, -0.15) is 4.31 Å². The molecule has 2 aliphatic heterocycles. The molecule has 2 heterocycles. The van der Waals surface area contributed by atoms with Gasteiger partial charge >= 0.3 is 6.03 Å². The first kappa shape index (κ1) is 29.3. The first-order chi connectivity index (χ1) is 20.2. The third-order valence-electron chi connectivity index (χ3n) is 7.22. The van der Waals surface area contributed by atoms with Crippen LogP contribution in [-0.2, 0) is 10.0 Å². The standard InChI is InChI=1S/C31H33N3O7S/c1-21-17-34(22(2)19-35)42(37,38)30-14-11-24(10-9-23-7-5-4-6-8-23)15-28(30)41-29(21)18-33(3)31(36)32-25-12-13-26-27(16-25)40-20-39-26/h4-8,11-16,21-22,29,35H,17-20H2,1-3H3,(H,32,36)/t21-,22+,29-/m0/s1. The van der Waals surface area contributed by atoms with Gasteiger partial charge in [-0.15, -0.1) is 0 Å². The summed E-state index contributed by atoms with van der Waals surface area (Å²) in [6.45, 7) is 3.58. The van der Waals surface area contributed by atoms with Crippen LogP contribution >= 0.6 is 0 Å². The van der Waals surface area contributed by atoms with Crippen LogP contribution in [0.15, 0.2) is 71.6 Å². The van der Waals surface area contributed by atoms with Crippen LogP contribution in [0.4, 0.5) is 10.5 Å². The topological polar surface area (TPSA) is 118 Å². The van der Waals surface area contributed by atoms with E-state index in [0.717, 1.165) is 5.56 Å². The highest BCUT2D eigenvalue weighted by Crippen LogP contribution is 2.35. The Labute approximate surface area is 245 Å². The maximum absolute atomic E-state index is 13.7. The second-order valence-electron chi connectivity index (χ2n) is 10.4. The molecule has 0 spiro atoms. The predicted molar refractivity (Wildman–Crippen MR) is 157 cm³/mol. The van der Waals surface area contributed by atoms with Crippen molar-refractivity contribution in [1.29, 1.82) is 0 Å². The fourth-order valence-corrected chi connectivity index (χ4v) is 6.56. The molecule has 2 amide bonds. The molecule has 220 valence electrons. The van der Waals surface area contributed by atoms with Gasteiger partial charge in [-0.25, -0.2) is 13.2 Å². The van der Waals surface area contributed by atoms with Gasteiger partial charge in [0.25, 0.3) is 0 Å². The van der Waals surface area contributed by atoms with E-state index >= 15 is 0 Å². The number of benzene rings is 3. The number of nitrogens with zero attached hydrogens (tertiary/aromatic N) is 2. The third-order valence-corrected chi connectivity index (χ3v) is 9.24. The molecule has 2 aliphatic rings. The average Bonchev–Trinajstić information content (AvgIpc) is 3.46. The van der Waals surface area contributed by atoms with Crippen molar-refractivity contribution in [1.82, 2.24) is 9.21 Å². The number of amides is 2. The maximum Gasteiger partial charge on any atom is 0.321 e. The van der Waals surface area contributed by atoms with Crippen LogP contribution in [0.2, 0.25) is 0 Å². The van der Waals surface area contributed by atoms with Crippen molar-refractivity contribution in [2.45, 2.75) is 30.9 Å². The lowest BCUT2D eigenvalue weighted by atomic mass is 10.0. The summed E-state index contributed by atoms with van der Waals surface area (Å²) in [5.74, 6) is 7.14. The van der Waals surface area contributed by atoms with Crippen molar-refractivity contribution >= 4 is 21.7 Å². The van der Waals surface area contributed by atoms with Gasteiger partial charge in [0.1, 0.15) is 16.7 Å². The summed E-state index contributed by atoms with van der Waals surface area (Å²) in [4.78, 5) is 14.6. The van der Waals surface area contributed by atoms with E-state index in [1.807, 2.05) is 37.3 Å². The number of fused-ring (bicyclic) bond motifs is 2. The number of urea groups is 1. The number of likely N-dealkylation sites (N-methyl/N-ethyl adjacent to an activating group) is 1.